The Morgan fingerprint density at radius 2 is 2.06 bits per heavy atom. The van der Waals surface area contributed by atoms with Gasteiger partial charge in [0.1, 0.15) is 17.1 Å². The zero-order valence-electron chi connectivity index (χ0n) is 17.2. The van der Waals surface area contributed by atoms with E-state index in [2.05, 4.69) is 15.5 Å². The van der Waals surface area contributed by atoms with Crippen molar-refractivity contribution in [3.05, 3.63) is 86.4 Å². The van der Waals surface area contributed by atoms with E-state index in [-0.39, 0.29) is 28.6 Å². The number of nitrogens with two attached hydrogens (primary N) is 1. The minimum Gasteiger partial charge on any atom is -0.420 e. The molecule has 33 heavy (non-hydrogen) atoms. The van der Waals surface area contributed by atoms with Gasteiger partial charge in [-0.05, 0) is 25.1 Å². The number of nitro benzene ring substituents is 1. The number of ether oxygens (including phenoxy) is 1. The van der Waals surface area contributed by atoms with E-state index in [1.54, 1.807) is 0 Å². The minimum atomic E-state index is -1.72. The lowest BCUT2D eigenvalue weighted by Crippen LogP contribution is -2.42. The molecule has 1 aromatic heterocycles. The number of fused-ring (bicyclic) bond motifs is 4. The molecule has 11 heteroatoms. The number of aryl methyl sites for hydroxylation is 1. The normalized spacial score (nSPS) is 18.4. The third kappa shape index (κ3) is 2.95. The number of nitro groups is 1. The Labute approximate surface area is 191 Å². The molecular formula is C22H16N6O4S. The molecule has 0 saturated carbocycles. The topological polar surface area (TPSA) is 160 Å². The lowest BCUT2D eigenvalue weighted by atomic mass is 9.69. The maximum absolute atomic E-state index is 13.5. The van der Waals surface area contributed by atoms with Gasteiger partial charge < -0.3 is 15.8 Å². The first-order chi connectivity index (χ1) is 15.9. The molecule has 0 saturated heterocycles. The second-order valence-corrected chi connectivity index (χ2v) is 8.68. The van der Waals surface area contributed by atoms with Gasteiger partial charge in [-0.25, -0.2) is 0 Å². The van der Waals surface area contributed by atoms with Crippen molar-refractivity contribution in [2.45, 2.75) is 23.0 Å². The Morgan fingerprint density at radius 3 is 2.76 bits per heavy atom. The maximum Gasteiger partial charge on any atom is 0.269 e. The largest absolute Gasteiger partial charge is 0.420 e. The van der Waals surface area contributed by atoms with Crippen LogP contribution in [0, 0.1) is 28.4 Å². The van der Waals surface area contributed by atoms with Crippen molar-refractivity contribution in [3.8, 4) is 11.9 Å². The number of thioether (sulfide) groups is 1. The van der Waals surface area contributed by atoms with Gasteiger partial charge in [0.2, 0.25) is 17.7 Å². The highest BCUT2D eigenvalue weighted by molar-refractivity contribution is 7.98. The van der Waals surface area contributed by atoms with Crippen molar-refractivity contribution in [2.24, 2.45) is 5.73 Å². The van der Waals surface area contributed by atoms with Gasteiger partial charge >= 0.3 is 0 Å². The fourth-order valence-corrected chi connectivity index (χ4v) is 5.07. The summed E-state index contributed by atoms with van der Waals surface area (Å²) in [7, 11) is 0. The number of hydrogen-bond donors (Lipinski definition) is 3. The number of nitriles is 1. The SMILES string of the molecule is Cc1ccc(SCc2[nH]nc3c2[C@]2(C(=O)Nc4ccc([N+](=O)[O-])cc42)C(C#N)=C(N)O3)cc1. The van der Waals surface area contributed by atoms with Crippen molar-refractivity contribution >= 4 is 29.0 Å². The predicted molar refractivity (Wildman–Crippen MR) is 119 cm³/mol. The molecule has 2 aromatic carbocycles. The zero-order chi connectivity index (χ0) is 23.3. The summed E-state index contributed by atoms with van der Waals surface area (Å²) < 4.78 is 5.58. The Morgan fingerprint density at radius 1 is 1.30 bits per heavy atom. The van der Waals surface area contributed by atoms with Gasteiger partial charge in [-0.3, -0.25) is 20.0 Å². The number of anilines is 1. The van der Waals surface area contributed by atoms with Crippen molar-refractivity contribution in [1.82, 2.24) is 10.2 Å². The Hall–Kier alpha value is -4.30. The lowest BCUT2D eigenvalue weighted by molar-refractivity contribution is -0.384. The van der Waals surface area contributed by atoms with Gasteiger partial charge in [-0.2, -0.15) is 5.26 Å². The summed E-state index contributed by atoms with van der Waals surface area (Å²) in [5.41, 5.74) is 6.57. The van der Waals surface area contributed by atoms with E-state index in [0.717, 1.165) is 10.5 Å². The monoisotopic (exact) mass is 460 g/mol. The van der Waals surface area contributed by atoms with Gasteiger partial charge in [0, 0.05) is 34.0 Å². The molecule has 3 aromatic rings. The highest BCUT2D eigenvalue weighted by atomic mass is 32.2. The number of hydrogen-bond acceptors (Lipinski definition) is 8. The third-order valence-corrected chi connectivity index (χ3v) is 6.77. The summed E-state index contributed by atoms with van der Waals surface area (Å²) in [5.74, 6) is -0.388. The Kier molecular flexibility index (Phi) is 4.61. The van der Waals surface area contributed by atoms with Crippen LogP contribution in [0.15, 0.2) is 58.8 Å². The smallest absolute Gasteiger partial charge is 0.269 e. The first-order valence-corrected chi connectivity index (χ1v) is 10.8. The van der Waals surface area contributed by atoms with Crippen molar-refractivity contribution in [1.29, 1.82) is 5.26 Å². The highest BCUT2D eigenvalue weighted by Gasteiger charge is 2.59. The van der Waals surface area contributed by atoms with E-state index >= 15 is 0 Å². The molecule has 0 bridgehead atoms. The summed E-state index contributed by atoms with van der Waals surface area (Å²) in [6.45, 7) is 2.00. The fourth-order valence-electron chi connectivity index (χ4n) is 4.22. The molecule has 1 atom stereocenters. The molecule has 10 nitrogen and oxygen atoms in total. The summed E-state index contributed by atoms with van der Waals surface area (Å²) in [6, 6.07) is 14.0. The molecule has 0 radical (unpaired) electrons. The van der Waals surface area contributed by atoms with E-state index in [1.165, 1.54) is 30.0 Å². The first kappa shape index (κ1) is 20.6. The highest BCUT2D eigenvalue weighted by Crippen LogP contribution is 2.54. The van der Waals surface area contributed by atoms with Crippen LogP contribution in [0.5, 0.6) is 5.88 Å². The van der Waals surface area contributed by atoms with Crippen molar-refractivity contribution in [3.63, 3.8) is 0 Å². The lowest BCUT2D eigenvalue weighted by Gasteiger charge is -2.31. The average Bonchev–Trinajstić information content (AvgIpc) is 3.32. The number of carbonyl (C=O) groups excluding carboxylic acids is 1. The average molecular weight is 460 g/mol. The van der Waals surface area contributed by atoms with Gasteiger partial charge in [-0.15, -0.1) is 16.9 Å². The molecule has 0 aliphatic carbocycles. The molecule has 0 unspecified atom stereocenters. The van der Waals surface area contributed by atoms with Crippen LogP contribution in [0.4, 0.5) is 11.4 Å². The summed E-state index contributed by atoms with van der Waals surface area (Å²) in [5, 5.41) is 31.3. The fraction of sp³-hybridized carbons (Fsp3) is 0.136. The van der Waals surface area contributed by atoms with E-state index < -0.39 is 16.2 Å². The van der Waals surface area contributed by atoms with Crippen LogP contribution in [-0.2, 0) is 16.0 Å². The van der Waals surface area contributed by atoms with Crippen LogP contribution in [0.3, 0.4) is 0 Å². The number of nitrogens with one attached hydrogen (secondary N) is 2. The van der Waals surface area contributed by atoms with Crippen LogP contribution in [0.25, 0.3) is 0 Å². The molecular weight excluding hydrogens is 444 g/mol. The number of aromatic amines is 1. The summed E-state index contributed by atoms with van der Waals surface area (Å²) in [6.07, 6.45) is 0. The number of aromatic nitrogens is 2. The Balaban J connectivity index is 1.70. The predicted octanol–water partition coefficient (Wildman–Crippen LogP) is 3.24. The standard InChI is InChI=1S/C22H16N6O4S/c1-11-2-5-13(6-3-11)33-10-17-18-20(27-26-17)32-19(24)15(9-23)22(18)14-8-12(28(30)31)4-7-16(14)25-21(22)29/h2-8H,10,24H2,1H3,(H,25,29)(H,26,27)/t22-/m1/s1. The number of benzene rings is 2. The van der Waals surface area contributed by atoms with Crippen LogP contribution in [-0.4, -0.2) is 21.0 Å². The van der Waals surface area contributed by atoms with Crippen LogP contribution in [0.1, 0.15) is 22.4 Å². The molecule has 164 valence electrons. The first-order valence-electron chi connectivity index (χ1n) is 9.82. The number of carbonyl (C=O) groups is 1. The van der Waals surface area contributed by atoms with Gasteiger partial charge in [0.25, 0.3) is 5.69 Å². The number of H-pyrrole nitrogens is 1. The van der Waals surface area contributed by atoms with Crippen LogP contribution in [0.2, 0.25) is 0 Å². The van der Waals surface area contributed by atoms with E-state index in [1.807, 2.05) is 37.3 Å². The van der Waals surface area contributed by atoms with Crippen molar-refractivity contribution < 1.29 is 14.5 Å². The molecule has 0 fully saturated rings. The van der Waals surface area contributed by atoms with E-state index in [4.69, 9.17) is 10.5 Å². The third-order valence-electron chi connectivity index (χ3n) is 5.73. The maximum atomic E-state index is 13.5. The second-order valence-electron chi connectivity index (χ2n) is 7.63. The molecule has 2 aliphatic heterocycles. The zero-order valence-corrected chi connectivity index (χ0v) is 18.0. The number of amides is 1. The summed E-state index contributed by atoms with van der Waals surface area (Å²) >= 11 is 1.51. The number of rotatable bonds is 4. The van der Waals surface area contributed by atoms with E-state index in [9.17, 15) is 20.2 Å². The van der Waals surface area contributed by atoms with Crippen LogP contribution >= 0.6 is 11.8 Å². The quantitative estimate of drug-likeness (QED) is 0.304. The molecule has 5 rings (SSSR count). The van der Waals surface area contributed by atoms with Gasteiger partial charge in [0.05, 0.1) is 16.2 Å². The van der Waals surface area contributed by atoms with E-state index in [0.29, 0.717) is 22.7 Å². The molecule has 1 spiro atoms. The van der Waals surface area contributed by atoms with Gasteiger partial charge in [0.15, 0.2) is 0 Å². The van der Waals surface area contributed by atoms with Gasteiger partial charge in [-0.1, -0.05) is 17.7 Å². The number of nitrogens with zero attached hydrogens (tertiary/aromatic N) is 3. The Bertz CT molecular complexity index is 1410. The minimum absolute atomic E-state index is 0.0560. The molecule has 1 amide bonds. The molecule has 3 heterocycles. The van der Waals surface area contributed by atoms with Crippen LogP contribution < -0.4 is 15.8 Å². The van der Waals surface area contributed by atoms with Crippen molar-refractivity contribution in [2.75, 3.05) is 5.32 Å². The number of non-ortho nitro benzene ring substituents is 1. The summed E-state index contributed by atoms with van der Waals surface area (Å²) in [4.78, 5) is 25.4. The second kappa shape index (κ2) is 7.39. The molecule has 2 aliphatic rings. The molecule has 4 N–H and O–H groups in total.